The summed E-state index contributed by atoms with van der Waals surface area (Å²) >= 11 is 0. The lowest BCUT2D eigenvalue weighted by Gasteiger charge is -2.42. The maximum atomic E-state index is 11.3. The van der Waals surface area contributed by atoms with Crippen LogP contribution in [0.25, 0.3) is 0 Å². The van der Waals surface area contributed by atoms with Gasteiger partial charge < -0.3 is 14.6 Å². The van der Waals surface area contributed by atoms with E-state index in [4.69, 9.17) is 9.47 Å². The molecule has 2 aliphatic carbocycles. The summed E-state index contributed by atoms with van der Waals surface area (Å²) in [5.74, 6) is -0.543. The minimum atomic E-state index is -1.18. The Bertz CT molecular complexity index is 592. The fourth-order valence-electron chi connectivity index (χ4n) is 5.10. The van der Waals surface area contributed by atoms with Crippen molar-refractivity contribution >= 4 is 0 Å². The third-order valence-corrected chi connectivity index (χ3v) is 7.25. The molecule has 1 fully saturated rings. The Morgan fingerprint density at radius 3 is 2.74 bits per heavy atom. The summed E-state index contributed by atoms with van der Waals surface area (Å²) in [6.07, 6.45) is 8.51. The van der Waals surface area contributed by atoms with Crippen molar-refractivity contribution in [1.82, 2.24) is 0 Å². The summed E-state index contributed by atoms with van der Waals surface area (Å²) in [6, 6.07) is 0. The summed E-state index contributed by atoms with van der Waals surface area (Å²) < 4.78 is 12.0. The number of rotatable bonds is 0. The van der Waals surface area contributed by atoms with Crippen molar-refractivity contribution in [3.05, 3.63) is 22.8 Å². The van der Waals surface area contributed by atoms with E-state index in [1.165, 1.54) is 11.1 Å². The number of epoxide rings is 1. The molecule has 4 aliphatic rings. The van der Waals surface area contributed by atoms with Gasteiger partial charge in [0.15, 0.2) is 0 Å². The molecule has 2 unspecified atom stereocenters. The zero-order valence-corrected chi connectivity index (χ0v) is 14.9. The third kappa shape index (κ3) is 2.20. The maximum absolute atomic E-state index is 11.3. The van der Waals surface area contributed by atoms with Gasteiger partial charge in [-0.3, -0.25) is 0 Å². The van der Waals surface area contributed by atoms with Crippen LogP contribution >= 0.6 is 0 Å². The van der Waals surface area contributed by atoms with Crippen molar-refractivity contribution < 1.29 is 14.6 Å². The predicted molar refractivity (Wildman–Crippen MR) is 89.9 cm³/mol. The first kappa shape index (κ1) is 15.9. The zero-order chi connectivity index (χ0) is 16.5. The van der Waals surface area contributed by atoms with Crippen LogP contribution in [0.5, 0.6) is 0 Å². The molecule has 1 saturated heterocycles. The number of allylic oxidation sites excluding steroid dienone is 2. The van der Waals surface area contributed by atoms with Crippen molar-refractivity contribution in [2.75, 3.05) is 6.61 Å². The first-order valence-electron chi connectivity index (χ1n) is 9.22. The van der Waals surface area contributed by atoms with Crippen LogP contribution in [0, 0.1) is 11.3 Å². The highest BCUT2D eigenvalue weighted by molar-refractivity contribution is 5.38. The van der Waals surface area contributed by atoms with Crippen LogP contribution in [0.2, 0.25) is 0 Å². The molecule has 0 aromatic heterocycles. The molecule has 2 heterocycles. The SMILES string of the molecule is C/C1=C\CCC2(C)O[C@@H]2C2(O)OCC3=C2CC[C@@H](C)[C@]3(C)CC1. The van der Waals surface area contributed by atoms with Crippen LogP contribution in [-0.2, 0) is 9.47 Å². The Morgan fingerprint density at radius 2 is 1.96 bits per heavy atom. The Labute approximate surface area is 139 Å². The van der Waals surface area contributed by atoms with E-state index >= 15 is 0 Å². The van der Waals surface area contributed by atoms with E-state index in [1.54, 1.807) is 0 Å². The molecule has 23 heavy (non-hydrogen) atoms. The molecular formula is C20H30O3. The second-order valence-corrected chi connectivity index (χ2v) is 8.70. The molecule has 0 radical (unpaired) electrons. The van der Waals surface area contributed by atoms with Crippen LogP contribution in [0.3, 0.4) is 0 Å². The van der Waals surface area contributed by atoms with Crippen LogP contribution in [0.1, 0.15) is 66.2 Å². The molecule has 0 spiro atoms. The highest BCUT2D eigenvalue weighted by atomic mass is 16.7. The lowest BCUT2D eigenvalue weighted by molar-refractivity contribution is -0.169. The van der Waals surface area contributed by atoms with Gasteiger partial charge >= 0.3 is 0 Å². The summed E-state index contributed by atoms with van der Waals surface area (Å²) in [7, 11) is 0. The topological polar surface area (TPSA) is 42.0 Å². The van der Waals surface area contributed by atoms with Gasteiger partial charge in [-0.25, -0.2) is 0 Å². The number of ether oxygens (including phenoxy) is 2. The monoisotopic (exact) mass is 318 g/mol. The van der Waals surface area contributed by atoms with Gasteiger partial charge in [-0.15, -0.1) is 0 Å². The van der Waals surface area contributed by atoms with Crippen molar-refractivity contribution in [2.24, 2.45) is 11.3 Å². The summed E-state index contributed by atoms with van der Waals surface area (Å²) in [6.45, 7) is 9.70. The summed E-state index contributed by atoms with van der Waals surface area (Å²) in [4.78, 5) is 0. The van der Waals surface area contributed by atoms with E-state index in [2.05, 4.69) is 33.8 Å². The molecule has 4 rings (SSSR count). The second kappa shape index (κ2) is 4.93. The number of aliphatic hydroxyl groups is 1. The lowest BCUT2D eigenvalue weighted by atomic mass is 9.62. The largest absolute Gasteiger partial charge is 0.360 e. The van der Waals surface area contributed by atoms with Crippen LogP contribution < -0.4 is 0 Å². The molecule has 3 nitrogen and oxygen atoms in total. The van der Waals surface area contributed by atoms with Gasteiger partial charge in [-0.2, -0.15) is 0 Å². The first-order valence-corrected chi connectivity index (χ1v) is 9.22. The van der Waals surface area contributed by atoms with Crippen molar-refractivity contribution in [1.29, 1.82) is 0 Å². The molecule has 2 aliphatic heterocycles. The fourth-order valence-corrected chi connectivity index (χ4v) is 5.10. The zero-order valence-electron chi connectivity index (χ0n) is 14.9. The second-order valence-electron chi connectivity index (χ2n) is 8.70. The maximum Gasteiger partial charge on any atom is 0.219 e. The third-order valence-electron chi connectivity index (χ3n) is 7.25. The number of hydrogen-bond donors (Lipinski definition) is 1. The normalized spacial score (nSPS) is 52.1. The van der Waals surface area contributed by atoms with E-state index in [0.717, 1.165) is 44.1 Å². The van der Waals surface area contributed by atoms with E-state index in [-0.39, 0.29) is 17.1 Å². The molecule has 0 saturated carbocycles. The van der Waals surface area contributed by atoms with Gasteiger partial charge in [0, 0.05) is 0 Å². The Morgan fingerprint density at radius 1 is 1.17 bits per heavy atom. The van der Waals surface area contributed by atoms with E-state index in [1.807, 2.05) is 0 Å². The van der Waals surface area contributed by atoms with Crippen molar-refractivity contribution in [2.45, 2.75) is 83.7 Å². The minimum Gasteiger partial charge on any atom is -0.360 e. The Hall–Kier alpha value is -0.640. The quantitative estimate of drug-likeness (QED) is 0.540. The van der Waals surface area contributed by atoms with Crippen molar-refractivity contribution in [3.63, 3.8) is 0 Å². The van der Waals surface area contributed by atoms with Gasteiger partial charge in [0.1, 0.15) is 6.10 Å². The van der Waals surface area contributed by atoms with Gasteiger partial charge in [-0.05, 0) is 74.9 Å². The molecule has 128 valence electrons. The van der Waals surface area contributed by atoms with Crippen LogP contribution in [0.4, 0.5) is 0 Å². The number of fused-ring (bicyclic) bond motifs is 2. The predicted octanol–water partition coefficient (Wildman–Crippen LogP) is 4.12. The van der Waals surface area contributed by atoms with Crippen LogP contribution in [0.15, 0.2) is 22.8 Å². The fraction of sp³-hybridized carbons (Fsp3) is 0.800. The Balaban J connectivity index is 1.79. The molecular weight excluding hydrogens is 288 g/mol. The van der Waals surface area contributed by atoms with Crippen molar-refractivity contribution in [3.8, 4) is 0 Å². The average molecular weight is 318 g/mol. The number of hydrogen-bond acceptors (Lipinski definition) is 3. The first-order chi connectivity index (χ1) is 10.8. The molecule has 0 aromatic carbocycles. The average Bonchev–Trinajstić information content (AvgIpc) is 3.05. The van der Waals surface area contributed by atoms with E-state index in [0.29, 0.717) is 12.5 Å². The minimum absolute atomic E-state index is 0.137. The van der Waals surface area contributed by atoms with Crippen LogP contribution in [-0.4, -0.2) is 29.2 Å². The molecule has 3 heteroatoms. The van der Waals surface area contributed by atoms with Gasteiger partial charge in [0.2, 0.25) is 5.79 Å². The molecule has 1 N–H and O–H groups in total. The molecule has 0 aromatic rings. The van der Waals surface area contributed by atoms with E-state index < -0.39 is 5.79 Å². The summed E-state index contributed by atoms with van der Waals surface area (Å²) in [5, 5.41) is 11.3. The molecule has 0 amide bonds. The summed E-state index contributed by atoms with van der Waals surface area (Å²) in [5.41, 5.74) is 3.89. The molecule has 4 bridgehead atoms. The Kier molecular flexibility index (Phi) is 3.40. The van der Waals surface area contributed by atoms with Gasteiger partial charge in [-0.1, -0.05) is 25.5 Å². The molecule has 5 atom stereocenters. The highest BCUT2D eigenvalue weighted by Crippen LogP contribution is 2.59. The smallest absolute Gasteiger partial charge is 0.219 e. The van der Waals surface area contributed by atoms with Gasteiger partial charge in [0.05, 0.1) is 12.2 Å². The van der Waals surface area contributed by atoms with E-state index in [9.17, 15) is 5.11 Å². The highest BCUT2D eigenvalue weighted by Gasteiger charge is 2.67. The van der Waals surface area contributed by atoms with Gasteiger partial charge in [0.25, 0.3) is 0 Å². The standard InChI is InChI=1S/C20H30O3/c1-13-6-5-10-19(4)17(23-19)20(21)15-8-7-14(2)18(3,11-9-13)16(15)12-22-20/h6,14,17,21H,5,7-12H2,1-4H3/b13-6+/t14-,17+,18+,19?,20?/m1/s1. The lowest BCUT2D eigenvalue weighted by Crippen LogP contribution is -2.42.